The minimum absolute atomic E-state index is 0.261. The topological polar surface area (TPSA) is 28.2 Å². The van der Waals surface area contributed by atoms with E-state index in [1.165, 1.54) is 6.20 Å². The van der Waals surface area contributed by atoms with Crippen LogP contribution in [0, 0.1) is 11.2 Å². The second-order valence-corrected chi connectivity index (χ2v) is 6.51. The fourth-order valence-electron chi connectivity index (χ4n) is 2.50. The summed E-state index contributed by atoms with van der Waals surface area (Å²) < 4.78 is 13.4. The van der Waals surface area contributed by atoms with E-state index in [1.807, 2.05) is 0 Å². The Bertz CT molecular complexity index is 443. The van der Waals surface area contributed by atoms with Crippen molar-refractivity contribution in [2.24, 2.45) is 5.41 Å². The Morgan fingerprint density at radius 1 is 1.47 bits per heavy atom. The van der Waals surface area contributed by atoms with Gasteiger partial charge in [-0.1, -0.05) is 27.7 Å². The molecule has 0 unspecified atom stereocenters. The highest BCUT2D eigenvalue weighted by Crippen LogP contribution is 2.33. The van der Waals surface area contributed by atoms with Gasteiger partial charge in [-0.05, 0) is 17.9 Å². The van der Waals surface area contributed by atoms with Gasteiger partial charge in [0.15, 0.2) is 0 Å². The van der Waals surface area contributed by atoms with Crippen LogP contribution in [0.3, 0.4) is 0 Å². The van der Waals surface area contributed by atoms with Crippen LogP contribution in [0.4, 0.5) is 10.2 Å². The predicted octanol–water partition coefficient (Wildman–Crippen LogP) is 2.96. The number of hydrogen-bond donors (Lipinski definition) is 1. The van der Waals surface area contributed by atoms with E-state index < -0.39 is 0 Å². The molecule has 1 fully saturated rings. The molecule has 1 aliphatic rings. The van der Waals surface area contributed by atoms with Gasteiger partial charge in [-0.2, -0.15) is 0 Å². The SMILES string of the molecule is CC(C)NCc1cc(F)cnc1N1CCC(C)(C)C1. The van der Waals surface area contributed by atoms with Gasteiger partial charge in [0.25, 0.3) is 0 Å². The Kier molecular flexibility index (Phi) is 4.09. The Labute approximate surface area is 115 Å². The van der Waals surface area contributed by atoms with Gasteiger partial charge in [-0.15, -0.1) is 0 Å². The molecule has 0 amide bonds. The number of pyridine rings is 1. The smallest absolute Gasteiger partial charge is 0.141 e. The van der Waals surface area contributed by atoms with E-state index in [2.05, 4.69) is 42.9 Å². The van der Waals surface area contributed by atoms with E-state index in [0.717, 1.165) is 30.9 Å². The van der Waals surface area contributed by atoms with Gasteiger partial charge in [-0.25, -0.2) is 9.37 Å². The number of nitrogens with zero attached hydrogens (tertiary/aromatic N) is 2. The molecule has 1 aromatic rings. The maximum Gasteiger partial charge on any atom is 0.141 e. The largest absolute Gasteiger partial charge is 0.356 e. The monoisotopic (exact) mass is 265 g/mol. The lowest BCUT2D eigenvalue weighted by atomic mass is 9.93. The van der Waals surface area contributed by atoms with Gasteiger partial charge in [0.2, 0.25) is 0 Å². The zero-order valence-corrected chi connectivity index (χ0v) is 12.3. The van der Waals surface area contributed by atoms with Crippen LogP contribution < -0.4 is 10.2 Å². The minimum Gasteiger partial charge on any atom is -0.356 e. The van der Waals surface area contributed by atoms with E-state index in [-0.39, 0.29) is 5.82 Å². The summed E-state index contributed by atoms with van der Waals surface area (Å²) in [5.74, 6) is 0.669. The molecule has 2 rings (SSSR count). The Balaban J connectivity index is 2.19. The first-order chi connectivity index (χ1) is 8.87. The maximum atomic E-state index is 13.4. The van der Waals surface area contributed by atoms with Gasteiger partial charge in [0.1, 0.15) is 11.6 Å². The summed E-state index contributed by atoms with van der Waals surface area (Å²) in [5.41, 5.74) is 1.27. The van der Waals surface area contributed by atoms with Crippen LogP contribution >= 0.6 is 0 Å². The molecular formula is C15H24FN3. The second-order valence-electron chi connectivity index (χ2n) is 6.51. The molecule has 0 spiro atoms. The zero-order chi connectivity index (χ0) is 14.0. The average molecular weight is 265 g/mol. The molecule has 1 saturated heterocycles. The van der Waals surface area contributed by atoms with Gasteiger partial charge in [0.05, 0.1) is 6.20 Å². The van der Waals surface area contributed by atoms with Crippen molar-refractivity contribution < 1.29 is 4.39 Å². The van der Waals surface area contributed by atoms with Crippen molar-refractivity contribution in [2.45, 2.75) is 46.7 Å². The Morgan fingerprint density at radius 3 is 2.79 bits per heavy atom. The predicted molar refractivity (Wildman–Crippen MR) is 76.8 cm³/mol. The fraction of sp³-hybridized carbons (Fsp3) is 0.667. The van der Waals surface area contributed by atoms with Gasteiger partial charge < -0.3 is 10.2 Å². The van der Waals surface area contributed by atoms with Gasteiger partial charge in [-0.3, -0.25) is 0 Å². The van der Waals surface area contributed by atoms with Crippen LogP contribution in [-0.4, -0.2) is 24.1 Å². The molecular weight excluding hydrogens is 241 g/mol. The van der Waals surface area contributed by atoms with Crippen LogP contribution in [0.2, 0.25) is 0 Å². The summed E-state index contributed by atoms with van der Waals surface area (Å²) in [6, 6.07) is 1.98. The zero-order valence-electron chi connectivity index (χ0n) is 12.3. The number of anilines is 1. The Morgan fingerprint density at radius 2 is 2.21 bits per heavy atom. The molecule has 1 aromatic heterocycles. The molecule has 19 heavy (non-hydrogen) atoms. The molecule has 0 aliphatic carbocycles. The highest BCUT2D eigenvalue weighted by atomic mass is 19.1. The maximum absolute atomic E-state index is 13.4. The van der Waals surface area contributed by atoms with E-state index in [9.17, 15) is 4.39 Å². The highest BCUT2D eigenvalue weighted by Gasteiger charge is 2.30. The summed E-state index contributed by atoms with van der Waals surface area (Å²) in [7, 11) is 0. The van der Waals surface area contributed by atoms with E-state index in [4.69, 9.17) is 0 Å². The summed E-state index contributed by atoms with van der Waals surface area (Å²) >= 11 is 0. The third-order valence-corrected chi connectivity index (χ3v) is 3.59. The number of aromatic nitrogens is 1. The van der Waals surface area contributed by atoms with Crippen molar-refractivity contribution >= 4 is 5.82 Å². The molecule has 0 saturated carbocycles. The van der Waals surface area contributed by atoms with Crippen molar-refractivity contribution in [3.8, 4) is 0 Å². The van der Waals surface area contributed by atoms with Crippen molar-refractivity contribution in [1.82, 2.24) is 10.3 Å². The normalized spacial score (nSPS) is 18.3. The number of hydrogen-bond acceptors (Lipinski definition) is 3. The first-order valence-corrected chi connectivity index (χ1v) is 7.00. The lowest BCUT2D eigenvalue weighted by Gasteiger charge is -2.23. The molecule has 4 heteroatoms. The summed E-state index contributed by atoms with van der Waals surface area (Å²) in [6.07, 6.45) is 2.47. The molecule has 3 nitrogen and oxygen atoms in total. The third kappa shape index (κ3) is 3.66. The lowest BCUT2D eigenvalue weighted by Crippen LogP contribution is -2.27. The minimum atomic E-state index is -0.261. The van der Waals surface area contributed by atoms with Gasteiger partial charge in [0, 0.05) is 31.2 Å². The first-order valence-electron chi connectivity index (χ1n) is 7.00. The molecule has 0 atom stereocenters. The standard InChI is InChI=1S/C15H24FN3/c1-11(2)17-8-12-7-13(16)9-18-14(12)19-6-5-15(3,4)10-19/h7,9,11,17H,5-6,8,10H2,1-4H3. The molecule has 0 radical (unpaired) electrons. The summed E-state index contributed by atoms with van der Waals surface area (Å²) in [6.45, 7) is 11.4. The van der Waals surface area contributed by atoms with Crippen molar-refractivity contribution in [1.29, 1.82) is 0 Å². The fourth-order valence-corrected chi connectivity index (χ4v) is 2.50. The number of nitrogens with one attached hydrogen (secondary N) is 1. The van der Waals surface area contributed by atoms with E-state index >= 15 is 0 Å². The van der Waals surface area contributed by atoms with Crippen LogP contribution in [-0.2, 0) is 6.54 Å². The quantitative estimate of drug-likeness (QED) is 0.907. The molecule has 1 N–H and O–H groups in total. The van der Waals surface area contributed by atoms with E-state index in [0.29, 0.717) is 18.0 Å². The third-order valence-electron chi connectivity index (χ3n) is 3.59. The van der Waals surface area contributed by atoms with Crippen molar-refractivity contribution in [2.75, 3.05) is 18.0 Å². The van der Waals surface area contributed by atoms with Crippen molar-refractivity contribution in [3.05, 3.63) is 23.6 Å². The second kappa shape index (κ2) is 5.45. The summed E-state index contributed by atoms with van der Waals surface area (Å²) in [4.78, 5) is 6.59. The van der Waals surface area contributed by atoms with E-state index in [1.54, 1.807) is 6.07 Å². The van der Waals surface area contributed by atoms with Gasteiger partial charge >= 0.3 is 0 Å². The molecule has 2 heterocycles. The summed E-state index contributed by atoms with van der Waals surface area (Å²) in [5, 5.41) is 3.34. The number of halogens is 1. The number of rotatable bonds is 4. The molecule has 106 valence electrons. The van der Waals surface area contributed by atoms with Crippen molar-refractivity contribution in [3.63, 3.8) is 0 Å². The first kappa shape index (κ1) is 14.3. The molecule has 1 aliphatic heterocycles. The molecule has 0 bridgehead atoms. The van der Waals surface area contributed by atoms with Crippen LogP contribution in [0.25, 0.3) is 0 Å². The van der Waals surface area contributed by atoms with Crippen LogP contribution in [0.1, 0.15) is 39.7 Å². The average Bonchev–Trinajstić information content (AvgIpc) is 2.67. The lowest BCUT2D eigenvalue weighted by molar-refractivity contribution is 0.418. The van der Waals surface area contributed by atoms with Crippen LogP contribution in [0.5, 0.6) is 0 Å². The van der Waals surface area contributed by atoms with Crippen LogP contribution in [0.15, 0.2) is 12.3 Å². The molecule has 0 aromatic carbocycles. The Hall–Kier alpha value is -1.16. The highest BCUT2D eigenvalue weighted by molar-refractivity contribution is 5.48.